The molecule has 1 N–H and O–H groups in total. The Hall–Kier alpha value is -2.16. The van der Waals surface area contributed by atoms with Gasteiger partial charge in [0.1, 0.15) is 21.9 Å². The summed E-state index contributed by atoms with van der Waals surface area (Å²) in [5.74, 6) is 0.975. The van der Waals surface area contributed by atoms with Crippen LogP contribution in [-0.2, 0) is 10.0 Å². The molecule has 3 aromatic rings. The zero-order chi connectivity index (χ0) is 18.2. The van der Waals surface area contributed by atoms with Crippen LogP contribution in [0.25, 0.3) is 11.0 Å². The fourth-order valence-corrected chi connectivity index (χ4v) is 4.19. The predicted octanol–water partition coefficient (Wildman–Crippen LogP) is 2.62. The number of fused-ring (bicyclic) bond motifs is 1. The fraction of sp³-hybridized carbons (Fsp3) is 0.353. The maximum atomic E-state index is 12.6. The molecule has 2 heterocycles. The SMILES string of the molecule is Cc1noc(C)c1S(=O)(=O)NC[C@@H](c1cc2ccccc2o1)N(C)C. The van der Waals surface area contributed by atoms with E-state index in [9.17, 15) is 8.42 Å². The van der Waals surface area contributed by atoms with Crippen LogP contribution in [-0.4, -0.2) is 39.1 Å². The number of aryl methyl sites for hydroxylation is 2. The molecule has 0 saturated carbocycles. The van der Waals surface area contributed by atoms with Crippen molar-refractivity contribution in [2.24, 2.45) is 0 Å². The maximum Gasteiger partial charge on any atom is 0.246 e. The minimum absolute atomic E-state index is 0.0922. The van der Waals surface area contributed by atoms with Crippen molar-refractivity contribution in [2.75, 3.05) is 20.6 Å². The molecule has 0 unspecified atom stereocenters. The Morgan fingerprint density at radius 2 is 1.96 bits per heavy atom. The predicted molar refractivity (Wildman–Crippen MR) is 93.8 cm³/mol. The summed E-state index contributed by atoms with van der Waals surface area (Å²) in [6, 6.07) is 9.38. The first-order chi connectivity index (χ1) is 11.8. The lowest BCUT2D eigenvalue weighted by molar-refractivity contribution is 0.264. The van der Waals surface area contributed by atoms with Gasteiger partial charge < -0.3 is 8.94 Å². The third-order valence-electron chi connectivity index (χ3n) is 4.10. The lowest BCUT2D eigenvalue weighted by Crippen LogP contribution is -2.34. The molecular weight excluding hydrogens is 342 g/mol. The largest absolute Gasteiger partial charge is 0.459 e. The van der Waals surface area contributed by atoms with Gasteiger partial charge in [0.25, 0.3) is 0 Å². The molecule has 8 heteroatoms. The van der Waals surface area contributed by atoms with Gasteiger partial charge in [-0.05, 0) is 40.1 Å². The average Bonchev–Trinajstić information content (AvgIpc) is 3.10. The Morgan fingerprint density at radius 1 is 1.24 bits per heavy atom. The molecule has 2 aromatic heterocycles. The van der Waals surface area contributed by atoms with Crippen LogP contribution in [0.3, 0.4) is 0 Å². The summed E-state index contributed by atoms with van der Waals surface area (Å²) in [6.07, 6.45) is 0. The average molecular weight is 363 g/mol. The molecule has 1 aromatic carbocycles. The third kappa shape index (κ3) is 3.46. The monoisotopic (exact) mass is 363 g/mol. The molecule has 0 saturated heterocycles. The molecule has 7 nitrogen and oxygen atoms in total. The number of hydrogen-bond acceptors (Lipinski definition) is 6. The molecule has 0 spiro atoms. The molecule has 0 aliphatic heterocycles. The zero-order valence-electron chi connectivity index (χ0n) is 14.6. The first-order valence-electron chi connectivity index (χ1n) is 7.87. The normalized spacial score (nSPS) is 13.6. The number of benzene rings is 1. The van der Waals surface area contributed by atoms with E-state index in [0.717, 1.165) is 11.0 Å². The smallest absolute Gasteiger partial charge is 0.246 e. The topological polar surface area (TPSA) is 88.6 Å². The molecule has 25 heavy (non-hydrogen) atoms. The van der Waals surface area contributed by atoms with Crippen LogP contribution >= 0.6 is 0 Å². The highest BCUT2D eigenvalue weighted by Gasteiger charge is 2.27. The van der Waals surface area contributed by atoms with Crippen molar-refractivity contribution < 1.29 is 17.4 Å². The van der Waals surface area contributed by atoms with E-state index in [1.807, 2.05) is 49.3 Å². The highest BCUT2D eigenvalue weighted by Crippen LogP contribution is 2.27. The van der Waals surface area contributed by atoms with Gasteiger partial charge in [-0.15, -0.1) is 0 Å². The minimum atomic E-state index is -3.72. The van der Waals surface area contributed by atoms with Gasteiger partial charge >= 0.3 is 0 Å². The Kier molecular flexibility index (Phi) is 4.68. The van der Waals surface area contributed by atoms with E-state index in [4.69, 9.17) is 8.94 Å². The second-order valence-electron chi connectivity index (χ2n) is 6.17. The van der Waals surface area contributed by atoms with Crippen LogP contribution in [0.5, 0.6) is 0 Å². The lowest BCUT2D eigenvalue weighted by Gasteiger charge is -2.22. The summed E-state index contributed by atoms with van der Waals surface area (Å²) in [4.78, 5) is 2.00. The Bertz CT molecular complexity index is 936. The summed E-state index contributed by atoms with van der Waals surface area (Å²) in [5, 5.41) is 4.69. The molecule has 0 aliphatic rings. The van der Waals surface area contributed by atoms with Gasteiger partial charge in [-0.1, -0.05) is 23.4 Å². The van der Waals surface area contributed by atoms with E-state index in [-0.39, 0.29) is 23.2 Å². The summed E-state index contributed by atoms with van der Waals surface area (Å²) < 4.78 is 38.7. The number of nitrogens with one attached hydrogen (secondary N) is 1. The number of rotatable bonds is 6. The molecule has 0 amide bonds. The Balaban J connectivity index is 1.85. The third-order valence-corrected chi connectivity index (χ3v) is 5.77. The van der Waals surface area contributed by atoms with Crippen LogP contribution in [0.1, 0.15) is 23.3 Å². The molecule has 134 valence electrons. The van der Waals surface area contributed by atoms with E-state index in [0.29, 0.717) is 11.5 Å². The van der Waals surface area contributed by atoms with Gasteiger partial charge in [0, 0.05) is 11.9 Å². The van der Waals surface area contributed by atoms with Crippen LogP contribution in [0.2, 0.25) is 0 Å². The van der Waals surface area contributed by atoms with Crippen molar-refractivity contribution in [3.63, 3.8) is 0 Å². The second-order valence-corrected chi connectivity index (χ2v) is 7.87. The summed E-state index contributed by atoms with van der Waals surface area (Å²) in [7, 11) is 0.0346. The van der Waals surface area contributed by atoms with Gasteiger partial charge in [0.2, 0.25) is 10.0 Å². The molecule has 0 aliphatic carbocycles. The minimum Gasteiger partial charge on any atom is -0.459 e. The molecule has 0 bridgehead atoms. The molecule has 3 rings (SSSR count). The van der Waals surface area contributed by atoms with Crippen molar-refractivity contribution in [1.29, 1.82) is 0 Å². The molecule has 1 atom stereocenters. The second kappa shape index (κ2) is 6.62. The number of sulfonamides is 1. The molecule has 0 radical (unpaired) electrons. The van der Waals surface area contributed by atoms with Gasteiger partial charge in [0.05, 0.1) is 6.04 Å². The maximum absolute atomic E-state index is 12.6. The number of aromatic nitrogens is 1. The van der Waals surface area contributed by atoms with Gasteiger partial charge in [-0.3, -0.25) is 4.90 Å². The quantitative estimate of drug-likeness (QED) is 0.724. The highest BCUT2D eigenvalue weighted by atomic mass is 32.2. The van der Waals surface area contributed by atoms with E-state index >= 15 is 0 Å². The fourth-order valence-electron chi connectivity index (χ4n) is 2.82. The summed E-state index contributed by atoms with van der Waals surface area (Å²) >= 11 is 0. The summed E-state index contributed by atoms with van der Waals surface area (Å²) in [5.41, 5.74) is 1.12. The Labute approximate surface area is 146 Å². The van der Waals surface area contributed by atoms with Gasteiger partial charge in [0.15, 0.2) is 5.76 Å². The number of hydrogen-bond donors (Lipinski definition) is 1. The van der Waals surface area contributed by atoms with Gasteiger partial charge in [-0.2, -0.15) is 0 Å². The molecular formula is C17H21N3O4S. The van der Waals surface area contributed by atoms with E-state index in [1.54, 1.807) is 13.8 Å². The standard InChI is InChI=1S/C17H21N3O4S/c1-11-17(12(2)24-19-11)25(21,22)18-10-14(20(3)4)16-9-13-7-5-6-8-15(13)23-16/h5-9,14,18H,10H2,1-4H3/t14-/m0/s1. The van der Waals surface area contributed by atoms with Crippen molar-refractivity contribution in [1.82, 2.24) is 14.8 Å². The van der Waals surface area contributed by atoms with Crippen LogP contribution < -0.4 is 4.72 Å². The van der Waals surface area contributed by atoms with E-state index in [2.05, 4.69) is 9.88 Å². The molecule has 0 fully saturated rings. The summed E-state index contributed by atoms with van der Waals surface area (Å²) in [6.45, 7) is 3.35. The first kappa shape index (κ1) is 17.7. The van der Waals surface area contributed by atoms with Crippen LogP contribution in [0.15, 0.2) is 44.2 Å². The van der Waals surface area contributed by atoms with Gasteiger partial charge in [-0.25, -0.2) is 13.1 Å². The first-order valence-corrected chi connectivity index (χ1v) is 9.35. The lowest BCUT2D eigenvalue weighted by atomic mass is 10.2. The van der Waals surface area contributed by atoms with Crippen molar-refractivity contribution in [2.45, 2.75) is 24.8 Å². The number of para-hydroxylation sites is 1. The number of nitrogens with zero attached hydrogens (tertiary/aromatic N) is 2. The van der Waals surface area contributed by atoms with E-state index in [1.165, 1.54) is 0 Å². The van der Waals surface area contributed by atoms with Crippen LogP contribution in [0.4, 0.5) is 0 Å². The van der Waals surface area contributed by atoms with Crippen molar-refractivity contribution >= 4 is 21.0 Å². The number of furan rings is 1. The van der Waals surface area contributed by atoms with Crippen molar-refractivity contribution in [3.05, 3.63) is 47.5 Å². The Morgan fingerprint density at radius 3 is 2.56 bits per heavy atom. The zero-order valence-corrected chi connectivity index (χ0v) is 15.4. The van der Waals surface area contributed by atoms with E-state index < -0.39 is 10.0 Å². The van der Waals surface area contributed by atoms with Crippen LogP contribution in [0, 0.1) is 13.8 Å². The van der Waals surface area contributed by atoms with Crippen molar-refractivity contribution in [3.8, 4) is 0 Å². The highest BCUT2D eigenvalue weighted by molar-refractivity contribution is 7.89. The number of likely N-dealkylation sites (N-methyl/N-ethyl adjacent to an activating group) is 1.